The van der Waals surface area contributed by atoms with Crippen molar-refractivity contribution in [3.8, 4) is 5.69 Å². The van der Waals surface area contributed by atoms with Crippen molar-refractivity contribution in [3.63, 3.8) is 0 Å². The van der Waals surface area contributed by atoms with Crippen molar-refractivity contribution in [2.75, 3.05) is 11.1 Å². The zero-order valence-corrected chi connectivity index (χ0v) is 19.9. The lowest BCUT2D eigenvalue weighted by molar-refractivity contribution is -0.113. The minimum absolute atomic E-state index is 0.115. The second kappa shape index (κ2) is 10.3. The van der Waals surface area contributed by atoms with Gasteiger partial charge in [0.25, 0.3) is 5.56 Å². The molecule has 1 amide bonds. The van der Waals surface area contributed by atoms with Crippen molar-refractivity contribution < 1.29 is 4.79 Å². The second-order valence-electron chi connectivity index (χ2n) is 7.26. The van der Waals surface area contributed by atoms with Crippen molar-refractivity contribution in [1.29, 1.82) is 0 Å². The van der Waals surface area contributed by atoms with Crippen molar-refractivity contribution in [1.82, 2.24) is 9.55 Å². The van der Waals surface area contributed by atoms with E-state index in [1.165, 1.54) is 33.2 Å². The van der Waals surface area contributed by atoms with Crippen LogP contribution in [0.1, 0.15) is 25.3 Å². The summed E-state index contributed by atoms with van der Waals surface area (Å²) >= 11 is 8.92. The van der Waals surface area contributed by atoms with E-state index in [4.69, 9.17) is 11.6 Å². The summed E-state index contributed by atoms with van der Waals surface area (Å²) in [4.78, 5) is 30.4. The van der Waals surface area contributed by atoms with Crippen molar-refractivity contribution in [2.45, 2.75) is 31.3 Å². The number of carbonyl (C=O) groups excluding carboxylic acids is 1. The molecule has 164 valence electrons. The lowest BCUT2D eigenvalue weighted by Gasteiger charge is -2.13. The Bertz CT molecular complexity index is 1300. The standard InChI is InChI=1S/C24H22ClN3O2S2/c1-2-3-6-16-9-11-17(12-10-16)26-21(29)15-32-24-27-19-13-14-31-22(19)23(30)28(24)20-8-5-4-7-18(20)25/h4-5,7-14H,2-3,6,15H2,1H3,(H,26,29). The molecule has 2 aromatic heterocycles. The molecule has 0 saturated carbocycles. The number of halogens is 1. The average molecular weight is 484 g/mol. The first-order valence-corrected chi connectivity index (χ1v) is 12.6. The Hall–Kier alpha value is -2.61. The van der Waals surface area contributed by atoms with Gasteiger partial charge < -0.3 is 5.32 Å². The number of aromatic nitrogens is 2. The molecule has 0 atom stereocenters. The van der Waals surface area contributed by atoms with E-state index < -0.39 is 0 Å². The van der Waals surface area contributed by atoms with Gasteiger partial charge in [-0.3, -0.25) is 14.2 Å². The van der Waals surface area contributed by atoms with Crippen molar-refractivity contribution in [2.24, 2.45) is 0 Å². The maximum Gasteiger partial charge on any atom is 0.276 e. The zero-order chi connectivity index (χ0) is 22.5. The van der Waals surface area contributed by atoms with Crippen LogP contribution in [0.2, 0.25) is 5.02 Å². The smallest absolute Gasteiger partial charge is 0.276 e. The Morgan fingerprint density at radius 3 is 2.69 bits per heavy atom. The van der Waals surface area contributed by atoms with E-state index in [1.54, 1.807) is 12.1 Å². The Balaban J connectivity index is 1.54. The molecule has 0 aliphatic rings. The summed E-state index contributed by atoms with van der Waals surface area (Å²) in [7, 11) is 0. The number of rotatable bonds is 8. The Morgan fingerprint density at radius 1 is 1.16 bits per heavy atom. The van der Waals surface area contributed by atoms with Gasteiger partial charge in [-0.05, 0) is 54.1 Å². The normalized spacial score (nSPS) is 11.1. The summed E-state index contributed by atoms with van der Waals surface area (Å²) in [6.45, 7) is 2.17. The number of aryl methyl sites for hydroxylation is 1. The summed E-state index contributed by atoms with van der Waals surface area (Å²) < 4.78 is 2.05. The first-order chi connectivity index (χ1) is 15.6. The molecule has 32 heavy (non-hydrogen) atoms. The highest BCUT2D eigenvalue weighted by molar-refractivity contribution is 7.99. The van der Waals surface area contributed by atoms with E-state index in [2.05, 4.69) is 17.2 Å². The third kappa shape index (κ3) is 5.06. The minimum Gasteiger partial charge on any atom is -0.325 e. The van der Waals surface area contributed by atoms with Crippen LogP contribution >= 0.6 is 34.7 Å². The van der Waals surface area contributed by atoms with Gasteiger partial charge in [0.2, 0.25) is 5.91 Å². The quantitative estimate of drug-likeness (QED) is 0.240. The van der Waals surface area contributed by atoms with E-state index >= 15 is 0 Å². The summed E-state index contributed by atoms with van der Waals surface area (Å²) in [6, 6.07) is 16.9. The largest absolute Gasteiger partial charge is 0.325 e. The van der Waals surface area contributed by atoms with Gasteiger partial charge >= 0.3 is 0 Å². The average Bonchev–Trinajstić information content (AvgIpc) is 3.27. The molecular formula is C24H22ClN3O2S2. The molecule has 0 aliphatic heterocycles. The monoisotopic (exact) mass is 483 g/mol. The van der Waals surface area contributed by atoms with Gasteiger partial charge in [-0.2, -0.15) is 0 Å². The predicted molar refractivity (Wildman–Crippen MR) is 135 cm³/mol. The fraction of sp³-hybridized carbons (Fsp3) is 0.208. The van der Waals surface area contributed by atoms with Crippen LogP contribution in [0.4, 0.5) is 5.69 Å². The lowest BCUT2D eigenvalue weighted by atomic mass is 10.1. The number of thioether (sulfide) groups is 1. The predicted octanol–water partition coefficient (Wildman–Crippen LogP) is 6.17. The number of hydrogen-bond acceptors (Lipinski definition) is 5. The van der Waals surface area contributed by atoms with Crippen LogP contribution in [-0.4, -0.2) is 21.2 Å². The number of hydrogen-bond donors (Lipinski definition) is 1. The second-order valence-corrected chi connectivity index (χ2v) is 9.52. The maximum atomic E-state index is 13.2. The lowest BCUT2D eigenvalue weighted by Crippen LogP contribution is -2.22. The minimum atomic E-state index is -0.191. The van der Waals surface area contributed by atoms with Gasteiger partial charge in [0, 0.05) is 5.69 Å². The molecule has 0 spiro atoms. The molecule has 4 rings (SSSR count). The first kappa shape index (κ1) is 22.6. The van der Waals surface area contributed by atoms with E-state index in [0.29, 0.717) is 26.1 Å². The number of carbonyl (C=O) groups is 1. The number of benzene rings is 2. The van der Waals surface area contributed by atoms with Gasteiger partial charge in [0.05, 0.1) is 22.0 Å². The fourth-order valence-corrected chi connectivity index (χ4v) is 5.08. The molecule has 0 fully saturated rings. The van der Waals surface area contributed by atoms with Gasteiger partial charge in [-0.25, -0.2) is 4.98 Å². The summed E-state index contributed by atoms with van der Waals surface area (Å²) in [5, 5.41) is 5.62. The highest BCUT2D eigenvalue weighted by atomic mass is 35.5. The van der Waals surface area contributed by atoms with E-state index in [-0.39, 0.29) is 17.2 Å². The molecule has 8 heteroatoms. The third-order valence-corrected chi connectivity index (χ3v) is 7.08. The molecule has 5 nitrogen and oxygen atoms in total. The van der Waals surface area contributed by atoms with Gasteiger partial charge in [-0.15, -0.1) is 11.3 Å². The highest BCUT2D eigenvalue weighted by Crippen LogP contribution is 2.27. The van der Waals surface area contributed by atoms with Crippen LogP contribution in [-0.2, 0) is 11.2 Å². The van der Waals surface area contributed by atoms with Gasteiger partial charge in [0.15, 0.2) is 5.16 Å². The summed E-state index contributed by atoms with van der Waals surface area (Å²) in [6.07, 6.45) is 3.34. The van der Waals surface area contributed by atoms with Crippen LogP contribution in [0.3, 0.4) is 0 Å². The number of anilines is 1. The van der Waals surface area contributed by atoms with Crippen LogP contribution < -0.4 is 10.9 Å². The number of nitrogens with zero attached hydrogens (tertiary/aromatic N) is 2. The third-order valence-electron chi connectivity index (χ3n) is 4.93. The van der Waals surface area contributed by atoms with Crippen LogP contribution in [0, 0.1) is 0 Å². The molecule has 0 aliphatic carbocycles. The maximum absolute atomic E-state index is 13.2. The molecule has 1 N–H and O–H groups in total. The molecule has 0 unspecified atom stereocenters. The van der Waals surface area contributed by atoms with Gasteiger partial charge in [0.1, 0.15) is 4.70 Å². The molecular weight excluding hydrogens is 462 g/mol. The van der Waals surface area contributed by atoms with E-state index in [9.17, 15) is 9.59 Å². The van der Waals surface area contributed by atoms with Crippen molar-refractivity contribution in [3.05, 3.63) is 80.9 Å². The summed E-state index contributed by atoms with van der Waals surface area (Å²) in [5.74, 6) is -0.0499. The number of thiophene rings is 1. The Morgan fingerprint density at radius 2 is 1.94 bits per heavy atom. The zero-order valence-electron chi connectivity index (χ0n) is 17.5. The molecule has 0 bridgehead atoms. The number of nitrogens with one attached hydrogen (secondary N) is 1. The highest BCUT2D eigenvalue weighted by Gasteiger charge is 2.17. The molecule has 2 aromatic carbocycles. The summed E-state index contributed by atoms with van der Waals surface area (Å²) in [5.41, 5.74) is 2.99. The van der Waals surface area contributed by atoms with Crippen LogP contribution in [0.5, 0.6) is 0 Å². The SMILES string of the molecule is CCCCc1ccc(NC(=O)CSc2nc3ccsc3c(=O)n2-c2ccccc2Cl)cc1. The topological polar surface area (TPSA) is 64.0 Å². The fourth-order valence-electron chi connectivity index (χ4n) is 3.30. The molecule has 4 aromatic rings. The first-order valence-electron chi connectivity index (χ1n) is 10.3. The molecule has 2 heterocycles. The van der Waals surface area contributed by atoms with Crippen LogP contribution in [0.15, 0.2) is 69.9 Å². The van der Waals surface area contributed by atoms with Crippen LogP contribution in [0.25, 0.3) is 15.9 Å². The Labute approximate surface area is 199 Å². The number of amides is 1. The Kier molecular flexibility index (Phi) is 7.29. The number of unbranched alkanes of at least 4 members (excludes halogenated alkanes) is 1. The van der Waals surface area contributed by atoms with E-state index in [0.717, 1.165) is 24.9 Å². The molecule has 0 radical (unpaired) electrons. The van der Waals surface area contributed by atoms with Crippen molar-refractivity contribution >= 4 is 56.5 Å². The van der Waals surface area contributed by atoms with E-state index in [1.807, 2.05) is 47.8 Å². The van der Waals surface area contributed by atoms with Gasteiger partial charge in [-0.1, -0.05) is 61.0 Å². The number of fused-ring (bicyclic) bond motifs is 1. The number of para-hydroxylation sites is 1. The molecule has 0 saturated heterocycles.